The van der Waals surface area contributed by atoms with E-state index in [1.807, 2.05) is 0 Å². The van der Waals surface area contributed by atoms with Gasteiger partial charge in [0.2, 0.25) is 5.91 Å². The molecule has 1 atom stereocenters. The van der Waals surface area contributed by atoms with Crippen molar-refractivity contribution in [1.82, 2.24) is 14.7 Å². The van der Waals surface area contributed by atoms with Gasteiger partial charge in [0.05, 0.1) is 25.7 Å². The largest absolute Gasteiger partial charge is 0.480 e. The van der Waals surface area contributed by atoms with Gasteiger partial charge in [-0.3, -0.25) is 29.0 Å². The predicted octanol–water partition coefficient (Wildman–Crippen LogP) is -0.742. The van der Waals surface area contributed by atoms with Crippen molar-refractivity contribution in [3.63, 3.8) is 0 Å². The van der Waals surface area contributed by atoms with Crippen LogP contribution in [0.2, 0.25) is 0 Å². The molecule has 0 fully saturated rings. The number of carboxylic acid groups (broad SMARTS) is 4. The zero-order valence-corrected chi connectivity index (χ0v) is 17.6. The van der Waals surface area contributed by atoms with Gasteiger partial charge in [0, 0.05) is 19.6 Å². The highest BCUT2D eigenvalue weighted by Crippen LogP contribution is 2.09. The van der Waals surface area contributed by atoms with Crippen molar-refractivity contribution >= 4 is 29.9 Å². The molecular formula is C18H32N4O9. The van der Waals surface area contributed by atoms with Crippen molar-refractivity contribution < 1.29 is 44.4 Å². The van der Waals surface area contributed by atoms with Gasteiger partial charge in [0.1, 0.15) is 0 Å². The predicted molar refractivity (Wildman–Crippen MR) is 108 cm³/mol. The summed E-state index contributed by atoms with van der Waals surface area (Å²) in [5.74, 6) is -4.61. The first-order valence-corrected chi connectivity index (χ1v) is 9.85. The first-order valence-electron chi connectivity index (χ1n) is 9.85. The van der Waals surface area contributed by atoms with Crippen LogP contribution < -0.4 is 5.73 Å². The minimum atomic E-state index is -1.45. The average Bonchev–Trinajstić information content (AvgIpc) is 2.65. The molecule has 0 aliphatic rings. The molecular weight excluding hydrogens is 416 g/mol. The van der Waals surface area contributed by atoms with Gasteiger partial charge >= 0.3 is 24.0 Å². The van der Waals surface area contributed by atoms with E-state index in [-0.39, 0.29) is 19.6 Å². The fourth-order valence-corrected chi connectivity index (χ4v) is 2.90. The van der Waals surface area contributed by atoms with Crippen molar-refractivity contribution in [2.45, 2.75) is 38.6 Å². The summed E-state index contributed by atoms with van der Waals surface area (Å²) in [6, 6.07) is -1.13. The van der Waals surface area contributed by atoms with E-state index in [0.29, 0.717) is 24.3 Å². The lowest BCUT2D eigenvalue weighted by molar-refractivity contribution is -0.145. The quantitative estimate of drug-likeness (QED) is 0.175. The molecule has 0 heterocycles. The summed E-state index contributed by atoms with van der Waals surface area (Å²) in [5.41, 5.74) is 5.40. The van der Waals surface area contributed by atoms with E-state index in [4.69, 9.17) is 21.1 Å². The van der Waals surface area contributed by atoms with E-state index in [1.165, 1.54) is 11.8 Å². The molecule has 13 nitrogen and oxygen atoms in total. The number of hydrogen-bond acceptors (Lipinski definition) is 8. The Kier molecular flexibility index (Phi) is 13.7. The van der Waals surface area contributed by atoms with Crippen LogP contribution in [0.3, 0.4) is 0 Å². The van der Waals surface area contributed by atoms with Crippen molar-refractivity contribution in [2.24, 2.45) is 5.73 Å². The van der Waals surface area contributed by atoms with Crippen LogP contribution in [-0.2, 0) is 19.2 Å². The molecule has 178 valence electrons. The first kappa shape index (κ1) is 28.2. The molecule has 6 N–H and O–H groups in total. The van der Waals surface area contributed by atoms with Crippen LogP contribution in [0.5, 0.6) is 0 Å². The normalized spacial score (nSPS) is 12.0. The van der Waals surface area contributed by atoms with Gasteiger partial charge in [-0.2, -0.15) is 0 Å². The third-order valence-electron chi connectivity index (χ3n) is 4.50. The molecule has 0 bridgehead atoms. The van der Waals surface area contributed by atoms with Crippen LogP contribution in [0.4, 0.5) is 4.79 Å². The first-order chi connectivity index (χ1) is 14.5. The lowest BCUT2D eigenvalue weighted by Gasteiger charge is -2.31. The Morgan fingerprint density at radius 1 is 0.742 bits per heavy atom. The van der Waals surface area contributed by atoms with E-state index in [0.717, 1.165) is 17.7 Å². The number of aliphatic carboxylic acids is 3. The lowest BCUT2D eigenvalue weighted by Crippen LogP contribution is -2.52. The van der Waals surface area contributed by atoms with Gasteiger partial charge in [0.15, 0.2) is 0 Å². The van der Waals surface area contributed by atoms with Gasteiger partial charge in [0.25, 0.3) is 0 Å². The van der Waals surface area contributed by atoms with Gasteiger partial charge in [-0.1, -0.05) is 12.8 Å². The van der Waals surface area contributed by atoms with Gasteiger partial charge < -0.3 is 26.2 Å². The van der Waals surface area contributed by atoms with Crippen LogP contribution in [0.25, 0.3) is 0 Å². The molecule has 0 aliphatic heterocycles. The molecule has 13 heteroatoms. The Balaban J connectivity index is 5.19. The van der Waals surface area contributed by atoms with Crippen molar-refractivity contribution in [1.29, 1.82) is 0 Å². The molecule has 0 aromatic heterocycles. The minimum Gasteiger partial charge on any atom is -0.480 e. The highest BCUT2D eigenvalue weighted by atomic mass is 16.4. The number of unbranched alkanes of at least 4 members (excludes halogenated alkanes) is 3. The Hall–Kier alpha value is -2.77. The summed E-state index contributed by atoms with van der Waals surface area (Å²) in [6.07, 6.45) is 1.24. The summed E-state index contributed by atoms with van der Waals surface area (Å²) in [6.45, 7) is -0.241. The van der Waals surface area contributed by atoms with Gasteiger partial charge in [-0.25, -0.2) is 9.69 Å². The van der Waals surface area contributed by atoms with Crippen LogP contribution in [0.1, 0.15) is 32.6 Å². The zero-order chi connectivity index (χ0) is 24.0. The van der Waals surface area contributed by atoms with E-state index >= 15 is 0 Å². The second-order valence-electron chi connectivity index (χ2n) is 7.01. The Morgan fingerprint density at radius 3 is 1.71 bits per heavy atom. The maximum absolute atomic E-state index is 12.7. The fraction of sp³-hybridized carbons (Fsp3) is 0.722. The smallest absolute Gasteiger partial charge is 0.414 e. The van der Waals surface area contributed by atoms with E-state index in [9.17, 15) is 29.1 Å². The second kappa shape index (κ2) is 15.1. The second-order valence-corrected chi connectivity index (χ2v) is 7.01. The van der Waals surface area contributed by atoms with E-state index < -0.39 is 55.6 Å². The number of carbonyl (C=O) groups excluding carboxylic acids is 1. The number of nitrogens with two attached hydrogens (primary N) is 1. The van der Waals surface area contributed by atoms with Crippen LogP contribution >= 0.6 is 0 Å². The molecule has 0 radical (unpaired) electrons. The SMILES string of the molecule is CC(C(=O)N(CCCCCCN)C(=O)O)N(CCN(CC(=O)O)CC(=O)O)CC(=O)O. The van der Waals surface area contributed by atoms with Gasteiger partial charge in [-0.05, 0) is 26.3 Å². The molecule has 0 aromatic carbocycles. The molecule has 31 heavy (non-hydrogen) atoms. The van der Waals surface area contributed by atoms with Crippen molar-refractivity contribution in [2.75, 3.05) is 45.8 Å². The lowest BCUT2D eigenvalue weighted by atomic mass is 10.1. The Labute approximate surface area is 180 Å². The third kappa shape index (κ3) is 12.5. The van der Waals surface area contributed by atoms with Crippen LogP contribution in [-0.4, -0.2) is 117 Å². The summed E-state index contributed by atoms with van der Waals surface area (Å²) >= 11 is 0. The molecule has 2 amide bonds. The fourth-order valence-electron chi connectivity index (χ4n) is 2.90. The van der Waals surface area contributed by atoms with Crippen molar-refractivity contribution in [3.8, 4) is 0 Å². The zero-order valence-electron chi connectivity index (χ0n) is 17.6. The van der Waals surface area contributed by atoms with Gasteiger partial charge in [-0.15, -0.1) is 0 Å². The maximum atomic E-state index is 12.7. The van der Waals surface area contributed by atoms with Crippen molar-refractivity contribution in [3.05, 3.63) is 0 Å². The number of carbonyl (C=O) groups is 5. The number of hydrogen-bond donors (Lipinski definition) is 5. The van der Waals surface area contributed by atoms with E-state index in [1.54, 1.807) is 0 Å². The average molecular weight is 448 g/mol. The highest BCUT2D eigenvalue weighted by Gasteiger charge is 2.31. The summed E-state index contributed by atoms with van der Waals surface area (Å²) < 4.78 is 0. The summed E-state index contributed by atoms with van der Waals surface area (Å²) in [7, 11) is 0. The number of amides is 2. The molecule has 0 aliphatic carbocycles. The molecule has 0 saturated heterocycles. The monoisotopic (exact) mass is 448 g/mol. The third-order valence-corrected chi connectivity index (χ3v) is 4.50. The highest BCUT2D eigenvalue weighted by molar-refractivity contribution is 5.94. The maximum Gasteiger partial charge on any atom is 0.414 e. The molecule has 0 aromatic rings. The topological polar surface area (TPSA) is 202 Å². The Bertz CT molecular complexity index is 613. The van der Waals surface area contributed by atoms with Crippen LogP contribution in [0, 0.1) is 0 Å². The Morgan fingerprint density at radius 2 is 1.26 bits per heavy atom. The standard InChI is InChI=1S/C18H32N4O9/c1-13(17(29)22(18(30)31)7-5-3-2-4-6-19)21(12-16(27)28)9-8-20(10-14(23)24)11-15(25)26/h13H,2-12,19H2,1H3,(H,23,24)(H,25,26)(H,27,28)(H,30,31). The molecule has 1 unspecified atom stereocenters. The number of nitrogens with zero attached hydrogens (tertiary/aromatic N) is 3. The summed E-state index contributed by atoms with van der Waals surface area (Å²) in [4.78, 5) is 60.2. The molecule has 0 saturated carbocycles. The molecule has 0 spiro atoms. The minimum absolute atomic E-state index is 0.0475. The number of rotatable bonds is 17. The number of carboxylic acids is 3. The van der Waals surface area contributed by atoms with E-state index in [2.05, 4.69) is 0 Å². The van der Waals surface area contributed by atoms with Crippen LogP contribution in [0.15, 0.2) is 0 Å². The summed E-state index contributed by atoms with van der Waals surface area (Å²) in [5, 5.41) is 36.3. The molecule has 0 rings (SSSR count). The number of imide groups is 1.